The summed E-state index contributed by atoms with van der Waals surface area (Å²) in [6.45, 7) is 4.57. The van der Waals surface area contributed by atoms with Crippen molar-refractivity contribution in [2.45, 2.75) is 87.0 Å². The Morgan fingerprint density at radius 3 is 2.56 bits per heavy atom. The minimum atomic E-state index is -0.119. The highest BCUT2D eigenvalue weighted by Crippen LogP contribution is 2.34. The number of alkyl halides is 2. The topological polar surface area (TPSA) is 73.5 Å². The van der Waals surface area contributed by atoms with Crippen LogP contribution in [0.4, 0.5) is 0 Å². The first-order chi connectivity index (χ1) is 15.5. The van der Waals surface area contributed by atoms with Crippen LogP contribution < -0.4 is 16.0 Å². The molecular weight excluding hydrogens is 447 g/mol. The molecule has 3 aliphatic heterocycles. The monoisotopic (exact) mass is 486 g/mol. The Morgan fingerprint density at radius 2 is 1.81 bits per heavy atom. The van der Waals surface area contributed by atoms with E-state index in [0.29, 0.717) is 17.9 Å². The fourth-order valence-corrected chi connectivity index (χ4v) is 6.98. The van der Waals surface area contributed by atoms with Gasteiger partial charge < -0.3 is 20.9 Å². The Balaban J connectivity index is 1.07. The Kier molecular flexibility index (Phi) is 9.00. The molecule has 0 radical (unpaired) electrons. The van der Waals surface area contributed by atoms with E-state index in [0.717, 1.165) is 90.5 Å². The predicted octanol–water partition coefficient (Wildman–Crippen LogP) is 2.87. The van der Waals surface area contributed by atoms with Gasteiger partial charge in [-0.25, -0.2) is 0 Å². The molecule has 6 unspecified atom stereocenters. The Morgan fingerprint density at radius 1 is 1.00 bits per heavy atom. The number of unbranched alkanes of at least 4 members (excludes halogenated alkanes) is 1. The normalized spacial score (nSPS) is 36.0. The van der Waals surface area contributed by atoms with Gasteiger partial charge in [0.15, 0.2) is 0 Å². The van der Waals surface area contributed by atoms with Crippen LogP contribution in [0.1, 0.15) is 64.2 Å². The zero-order chi connectivity index (χ0) is 22.5. The van der Waals surface area contributed by atoms with Gasteiger partial charge in [0.25, 0.3) is 0 Å². The number of nitrogens with one attached hydrogen (secondary N) is 3. The van der Waals surface area contributed by atoms with E-state index in [4.69, 9.17) is 23.2 Å². The van der Waals surface area contributed by atoms with Gasteiger partial charge in [-0.1, -0.05) is 12.8 Å². The van der Waals surface area contributed by atoms with Crippen LogP contribution in [-0.2, 0) is 9.59 Å². The highest BCUT2D eigenvalue weighted by Gasteiger charge is 2.38. The quantitative estimate of drug-likeness (QED) is 0.382. The summed E-state index contributed by atoms with van der Waals surface area (Å²) in [7, 11) is 0. The maximum atomic E-state index is 12.9. The van der Waals surface area contributed by atoms with Crippen molar-refractivity contribution in [3.05, 3.63) is 0 Å². The number of carbonyl (C=O) groups excluding carboxylic acids is 2. The fourth-order valence-electron chi connectivity index (χ4n) is 6.12. The van der Waals surface area contributed by atoms with Gasteiger partial charge in [-0.05, 0) is 76.3 Å². The number of piperidine rings is 2. The summed E-state index contributed by atoms with van der Waals surface area (Å²) in [6, 6.07) is 0.495. The SMILES string of the molecule is O=C(NCCCCC1CCN(C(=O)C2CCC(Cl)CC2Cl)CC1)C1CC2CNCCC2N1. The molecule has 3 saturated heterocycles. The molecule has 4 fully saturated rings. The molecule has 4 aliphatic rings. The van der Waals surface area contributed by atoms with E-state index in [-0.39, 0.29) is 34.5 Å². The number of fused-ring (bicyclic) bond motifs is 1. The van der Waals surface area contributed by atoms with E-state index in [1.807, 2.05) is 4.90 Å². The van der Waals surface area contributed by atoms with Crippen LogP contribution in [0.3, 0.4) is 0 Å². The lowest BCUT2D eigenvalue weighted by atomic mass is 9.86. The van der Waals surface area contributed by atoms with Crippen molar-refractivity contribution in [3.63, 3.8) is 0 Å². The Labute approximate surface area is 202 Å². The molecule has 0 aromatic carbocycles. The first-order valence-corrected chi connectivity index (χ1v) is 13.7. The molecule has 4 rings (SSSR count). The average Bonchev–Trinajstić information content (AvgIpc) is 3.23. The average molecular weight is 488 g/mol. The van der Waals surface area contributed by atoms with Gasteiger partial charge in [-0.15, -0.1) is 23.2 Å². The molecule has 2 amide bonds. The van der Waals surface area contributed by atoms with Gasteiger partial charge in [-0.2, -0.15) is 0 Å². The molecule has 0 bridgehead atoms. The van der Waals surface area contributed by atoms with Crippen LogP contribution >= 0.6 is 23.2 Å². The third-order valence-corrected chi connectivity index (χ3v) is 9.05. The summed E-state index contributed by atoms with van der Waals surface area (Å²) >= 11 is 12.6. The summed E-state index contributed by atoms with van der Waals surface area (Å²) in [5, 5.41) is 10.1. The van der Waals surface area contributed by atoms with Crippen molar-refractivity contribution < 1.29 is 9.59 Å². The lowest BCUT2D eigenvalue weighted by molar-refractivity contribution is -0.137. The van der Waals surface area contributed by atoms with E-state index in [1.165, 1.54) is 6.42 Å². The van der Waals surface area contributed by atoms with Gasteiger partial charge in [0.2, 0.25) is 11.8 Å². The molecule has 1 aliphatic carbocycles. The lowest BCUT2D eigenvalue weighted by Gasteiger charge is -2.37. The van der Waals surface area contributed by atoms with Gasteiger partial charge in [0.1, 0.15) is 0 Å². The molecule has 1 saturated carbocycles. The van der Waals surface area contributed by atoms with Gasteiger partial charge in [0, 0.05) is 36.4 Å². The number of nitrogens with zero attached hydrogens (tertiary/aromatic N) is 1. The Hall–Kier alpha value is -0.560. The van der Waals surface area contributed by atoms with E-state index in [9.17, 15) is 9.59 Å². The minimum Gasteiger partial charge on any atom is -0.355 e. The van der Waals surface area contributed by atoms with Crippen LogP contribution in [0.2, 0.25) is 0 Å². The van der Waals surface area contributed by atoms with Crippen LogP contribution in [0.15, 0.2) is 0 Å². The maximum absolute atomic E-state index is 12.9. The summed E-state index contributed by atoms with van der Waals surface area (Å²) in [5.41, 5.74) is 0. The molecule has 6 atom stereocenters. The lowest BCUT2D eigenvalue weighted by Crippen LogP contribution is -2.45. The van der Waals surface area contributed by atoms with Gasteiger partial charge >= 0.3 is 0 Å². The molecule has 0 spiro atoms. The van der Waals surface area contributed by atoms with Gasteiger partial charge in [0.05, 0.1) is 12.0 Å². The van der Waals surface area contributed by atoms with Crippen molar-refractivity contribution >= 4 is 35.0 Å². The second kappa shape index (κ2) is 11.7. The Bertz CT molecular complexity index is 629. The molecule has 3 N–H and O–H groups in total. The summed E-state index contributed by atoms with van der Waals surface area (Å²) in [4.78, 5) is 27.4. The van der Waals surface area contributed by atoms with Crippen molar-refractivity contribution in [3.8, 4) is 0 Å². The molecule has 32 heavy (non-hydrogen) atoms. The predicted molar refractivity (Wildman–Crippen MR) is 129 cm³/mol. The molecule has 0 aromatic rings. The number of likely N-dealkylation sites (tertiary alicyclic amines) is 1. The molecular formula is C24H40Cl2N4O2. The van der Waals surface area contributed by atoms with E-state index < -0.39 is 0 Å². The largest absolute Gasteiger partial charge is 0.355 e. The van der Waals surface area contributed by atoms with Crippen molar-refractivity contribution in [1.82, 2.24) is 20.9 Å². The molecule has 182 valence electrons. The van der Waals surface area contributed by atoms with Crippen molar-refractivity contribution in [1.29, 1.82) is 0 Å². The van der Waals surface area contributed by atoms with Crippen LogP contribution in [0.25, 0.3) is 0 Å². The second-order valence-corrected chi connectivity index (χ2v) is 11.6. The second-order valence-electron chi connectivity index (χ2n) is 10.4. The highest BCUT2D eigenvalue weighted by atomic mass is 35.5. The first kappa shape index (κ1) is 24.6. The highest BCUT2D eigenvalue weighted by molar-refractivity contribution is 6.24. The van der Waals surface area contributed by atoms with E-state index >= 15 is 0 Å². The minimum absolute atomic E-state index is 0.0150. The van der Waals surface area contributed by atoms with Crippen LogP contribution in [0.5, 0.6) is 0 Å². The summed E-state index contributed by atoms with van der Waals surface area (Å²) < 4.78 is 0. The van der Waals surface area contributed by atoms with Crippen LogP contribution in [0, 0.1) is 17.8 Å². The zero-order valence-corrected chi connectivity index (χ0v) is 20.7. The first-order valence-electron chi connectivity index (χ1n) is 12.8. The summed E-state index contributed by atoms with van der Waals surface area (Å²) in [5.74, 6) is 1.65. The zero-order valence-electron chi connectivity index (χ0n) is 19.2. The molecule has 8 heteroatoms. The number of rotatable bonds is 7. The van der Waals surface area contributed by atoms with Crippen molar-refractivity contribution in [2.24, 2.45) is 17.8 Å². The standard InChI is InChI=1S/C24H40Cl2N4O2/c25-18-4-5-19(20(26)14-18)24(32)30-11-7-16(8-12-30)3-1-2-9-28-23(31)22-13-17-15-27-10-6-21(17)29-22/h16-22,27,29H,1-15H2,(H,28,31). The van der Waals surface area contributed by atoms with Gasteiger partial charge in [-0.3, -0.25) is 9.59 Å². The van der Waals surface area contributed by atoms with Crippen LogP contribution in [-0.4, -0.2) is 72.3 Å². The van der Waals surface area contributed by atoms with Crippen molar-refractivity contribution in [2.75, 3.05) is 32.7 Å². The van der Waals surface area contributed by atoms with E-state index in [1.54, 1.807) is 0 Å². The number of carbonyl (C=O) groups is 2. The third-order valence-electron chi connectivity index (χ3n) is 8.17. The summed E-state index contributed by atoms with van der Waals surface area (Å²) in [6.07, 6.45) is 10.0. The molecule has 0 aromatic heterocycles. The number of hydrogen-bond acceptors (Lipinski definition) is 4. The third kappa shape index (κ3) is 6.31. The number of amides is 2. The molecule has 3 heterocycles. The number of hydrogen-bond donors (Lipinski definition) is 3. The van der Waals surface area contributed by atoms with E-state index in [2.05, 4.69) is 16.0 Å². The fraction of sp³-hybridized carbons (Fsp3) is 0.917. The smallest absolute Gasteiger partial charge is 0.237 e. The number of halogens is 2. The maximum Gasteiger partial charge on any atom is 0.237 e. The molecule has 6 nitrogen and oxygen atoms in total.